The van der Waals surface area contributed by atoms with Gasteiger partial charge < -0.3 is 5.11 Å². The van der Waals surface area contributed by atoms with Crippen LogP contribution in [0.2, 0.25) is 0 Å². The monoisotopic (exact) mass is 378 g/mol. The van der Waals surface area contributed by atoms with Crippen LogP contribution in [0.25, 0.3) is 0 Å². The highest BCUT2D eigenvalue weighted by atomic mass is 16.3. The molecule has 0 aromatic rings. The standard InChI is InChI=1S/C22H38O.2C2H6/c1-4-5-15-7-9-19-18-8-6-16-14-17(23)10-12-22(16,3)20(18)11-13-21(15,19)2;2*1-2/h15-20,23H,4-14H2,1-3H3;2*1-2H3/t15-,16?,17+,18?,19?,20?,21?,22?;;/m0../s1. The molecular formula is C26H50O. The molecule has 27 heavy (non-hydrogen) atoms. The van der Waals surface area contributed by atoms with Crippen LogP contribution in [-0.2, 0) is 0 Å². The molecule has 4 saturated carbocycles. The second kappa shape index (κ2) is 9.64. The smallest absolute Gasteiger partial charge is 0.0543 e. The maximum atomic E-state index is 10.1. The van der Waals surface area contributed by atoms with E-state index in [1.54, 1.807) is 0 Å². The van der Waals surface area contributed by atoms with E-state index in [0.29, 0.717) is 10.8 Å². The highest BCUT2D eigenvalue weighted by Gasteiger charge is 2.59. The molecule has 4 aliphatic rings. The zero-order chi connectivity index (χ0) is 20.2. The third kappa shape index (κ3) is 4.01. The quantitative estimate of drug-likeness (QED) is 0.518. The minimum atomic E-state index is -0.00102. The molecule has 4 rings (SSSR count). The van der Waals surface area contributed by atoms with Crippen molar-refractivity contribution in [1.29, 1.82) is 0 Å². The second-order valence-electron chi connectivity index (χ2n) is 10.2. The zero-order valence-corrected chi connectivity index (χ0v) is 19.7. The molecule has 0 aromatic carbocycles. The molecule has 160 valence electrons. The van der Waals surface area contributed by atoms with Crippen molar-refractivity contribution in [2.75, 3.05) is 0 Å². The van der Waals surface area contributed by atoms with Crippen LogP contribution in [0.4, 0.5) is 0 Å². The van der Waals surface area contributed by atoms with Crippen LogP contribution in [0.5, 0.6) is 0 Å². The second-order valence-corrected chi connectivity index (χ2v) is 10.2. The average Bonchev–Trinajstić information content (AvgIpc) is 3.02. The first-order valence-corrected chi connectivity index (χ1v) is 12.7. The Bertz CT molecular complexity index is 445. The molecule has 6 unspecified atom stereocenters. The summed E-state index contributed by atoms with van der Waals surface area (Å²) in [5.74, 6) is 4.81. The number of fused-ring (bicyclic) bond motifs is 5. The van der Waals surface area contributed by atoms with Gasteiger partial charge in [0.2, 0.25) is 0 Å². The molecule has 0 amide bonds. The number of hydrogen-bond donors (Lipinski definition) is 1. The first kappa shape index (κ1) is 23.2. The van der Waals surface area contributed by atoms with E-state index in [1.807, 2.05) is 27.7 Å². The van der Waals surface area contributed by atoms with Gasteiger partial charge >= 0.3 is 0 Å². The summed E-state index contributed by atoms with van der Waals surface area (Å²) in [5.41, 5.74) is 1.21. The van der Waals surface area contributed by atoms with E-state index in [2.05, 4.69) is 20.8 Å². The molecule has 0 aliphatic heterocycles. The van der Waals surface area contributed by atoms with Gasteiger partial charge in [-0.3, -0.25) is 0 Å². The van der Waals surface area contributed by atoms with E-state index in [4.69, 9.17) is 0 Å². The fourth-order valence-electron chi connectivity index (χ4n) is 8.17. The summed E-state index contributed by atoms with van der Waals surface area (Å²) >= 11 is 0. The van der Waals surface area contributed by atoms with E-state index in [-0.39, 0.29) is 6.10 Å². The minimum absolute atomic E-state index is 0.00102. The van der Waals surface area contributed by atoms with Crippen molar-refractivity contribution in [1.82, 2.24) is 0 Å². The number of aliphatic hydroxyl groups is 1. The van der Waals surface area contributed by atoms with Crippen molar-refractivity contribution in [2.24, 2.45) is 40.4 Å². The van der Waals surface area contributed by atoms with Crippen molar-refractivity contribution in [2.45, 2.75) is 125 Å². The largest absolute Gasteiger partial charge is 0.393 e. The first-order valence-electron chi connectivity index (χ1n) is 12.7. The van der Waals surface area contributed by atoms with Crippen LogP contribution in [0.1, 0.15) is 119 Å². The van der Waals surface area contributed by atoms with E-state index >= 15 is 0 Å². The Labute approximate surface area is 171 Å². The van der Waals surface area contributed by atoms with Gasteiger partial charge in [0, 0.05) is 0 Å². The van der Waals surface area contributed by atoms with E-state index in [9.17, 15) is 5.11 Å². The molecule has 1 nitrogen and oxygen atoms in total. The zero-order valence-electron chi connectivity index (χ0n) is 19.7. The van der Waals surface area contributed by atoms with E-state index in [1.165, 1.54) is 57.8 Å². The summed E-state index contributed by atoms with van der Waals surface area (Å²) in [4.78, 5) is 0. The van der Waals surface area contributed by atoms with Crippen LogP contribution < -0.4 is 0 Å². The van der Waals surface area contributed by atoms with Gasteiger partial charge in [-0.2, -0.15) is 0 Å². The molecule has 4 aliphatic carbocycles. The molecule has 8 atom stereocenters. The Morgan fingerprint density at radius 1 is 0.778 bits per heavy atom. The van der Waals surface area contributed by atoms with Gasteiger partial charge in [0.05, 0.1) is 6.10 Å². The van der Waals surface area contributed by atoms with Gasteiger partial charge in [0.15, 0.2) is 0 Å². The topological polar surface area (TPSA) is 20.2 Å². The fraction of sp³-hybridized carbons (Fsp3) is 1.00. The fourth-order valence-corrected chi connectivity index (χ4v) is 8.17. The Morgan fingerprint density at radius 2 is 1.41 bits per heavy atom. The van der Waals surface area contributed by atoms with Gasteiger partial charge in [-0.1, -0.05) is 61.3 Å². The maximum absolute atomic E-state index is 10.1. The normalized spacial score (nSPS) is 48.0. The summed E-state index contributed by atoms with van der Waals surface area (Å²) in [6.45, 7) is 15.7. The summed E-state index contributed by atoms with van der Waals surface area (Å²) in [7, 11) is 0. The number of hydrogen-bond acceptors (Lipinski definition) is 1. The maximum Gasteiger partial charge on any atom is 0.0543 e. The lowest BCUT2D eigenvalue weighted by Crippen LogP contribution is -2.53. The molecule has 0 aromatic heterocycles. The van der Waals surface area contributed by atoms with Crippen LogP contribution in [-0.4, -0.2) is 11.2 Å². The van der Waals surface area contributed by atoms with Crippen LogP contribution >= 0.6 is 0 Å². The molecule has 0 radical (unpaired) electrons. The lowest BCUT2D eigenvalue weighted by atomic mass is 9.44. The van der Waals surface area contributed by atoms with E-state index in [0.717, 1.165) is 42.4 Å². The number of aliphatic hydroxyl groups excluding tert-OH is 1. The molecule has 1 N–H and O–H groups in total. The molecule has 0 bridgehead atoms. The average molecular weight is 379 g/mol. The molecule has 0 spiro atoms. The summed E-state index contributed by atoms with van der Waals surface area (Å²) < 4.78 is 0. The molecule has 0 heterocycles. The van der Waals surface area contributed by atoms with Crippen molar-refractivity contribution in [3.63, 3.8) is 0 Å². The predicted octanol–water partition coefficient (Wildman–Crippen LogP) is 7.86. The van der Waals surface area contributed by atoms with Crippen LogP contribution in [0, 0.1) is 40.4 Å². The van der Waals surface area contributed by atoms with Gasteiger partial charge in [-0.05, 0) is 98.2 Å². The van der Waals surface area contributed by atoms with Crippen molar-refractivity contribution < 1.29 is 5.11 Å². The SMILES string of the molecule is CC.CC.CCC[C@H]1CCC2C3CCC4C[C@H](O)CCC4(C)C3CCC21C. The Kier molecular flexibility index (Phi) is 8.30. The van der Waals surface area contributed by atoms with Crippen molar-refractivity contribution >= 4 is 0 Å². The Hall–Kier alpha value is -0.0400. The minimum Gasteiger partial charge on any atom is -0.393 e. The summed E-state index contributed by atoms with van der Waals surface area (Å²) in [6, 6.07) is 0. The highest BCUT2D eigenvalue weighted by molar-refractivity contribution is 5.09. The molecule has 1 heteroatoms. The van der Waals surface area contributed by atoms with Gasteiger partial charge in [0.1, 0.15) is 0 Å². The van der Waals surface area contributed by atoms with Gasteiger partial charge in [-0.25, -0.2) is 0 Å². The molecule has 4 fully saturated rings. The van der Waals surface area contributed by atoms with Crippen molar-refractivity contribution in [3.8, 4) is 0 Å². The van der Waals surface area contributed by atoms with Gasteiger partial charge in [-0.15, -0.1) is 0 Å². The Balaban J connectivity index is 0.000000614. The van der Waals surface area contributed by atoms with E-state index < -0.39 is 0 Å². The van der Waals surface area contributed by atoms with Crippen LogP contribution in [0.15, 0.2) is 0 Å². The van der Waals surface area contributed by atoms with Crippen LogP contribution in [0.3, 0.4) is 0 Å². The molecular weight excluding hydrogens is 328 g/mol. The Morgan fingerprint density at radius 3 is 2.07 bits per heavy atom. The highest BCUT2D eigenvalue weighted by Crippen LogP contribution is 2.67. The van der Waals surface area contributed by atoms with Gasteiger partial charge in [0.25, 0.3) is 0 Å². The first-order chi connectivity index (χ1) is 13.0. The number of rotatable bonds is 2. The molecule has 0 saturated heterocycles. The predicted molar refractivity (Wildman–Crippen MR) is 119 cm³/mol. The lowest BCUT2D eigenvalue weighted by Gasteiger charge is -2.61. The lowest BCUT2D eigenvalue weighted by molar-refractivity contribution is -0.126. The van der Waals surface area contributed by atoms with Crippen molar-refractivity contribution in [3.05, 3.63) is 0 Å². The third-order valence-corrected chi connectivity index (χ3v) is 9.47. The summed E-state index contributed by atoms with van der Waals surface area (Å²) in [5, 5.41) is 10.1. The summed E-state index contributed by atoms with van der Waals surface area (Å²) in [6.07, 6.45) is 15.2. The third-order valence-electron chi connectivity index (χ3n) is 9.47.